The molecular formula is C20H30O7. The van der Waals surface area contributed by atoms with Gasteiger partial charge < -0.3 is 30.3 Å². The monoisotopic (exact) mass is 382 g/mol. The normalized spacial score (nSPS) is 68.9. The van der Waals surface area contributed by atoms with Crippen LogP contribution in [-0.2, 0) is 9.53 Å². The summed E-state index contributed by atoms with van der Waals surface area (Å²) in [6.07, 6.45) is 0.182. The molecule has 4 aliphatic carbocycles. The lowest BCUT2D eigenvalue weighted by molar-refractivity contribution is -0.369. The molecule has 27 heavy (non-hydrogen) atoms. The Bertz CT molecular complexity index is 799. The van der Waals surface area contributed by atoms with E-state index >= 15 is 0 Å². The molecule has 152 valence electrons. The van der Waals surface area contributed by atoms with Gasteiger partial charge in [0, 0.05) is 24.2 Å². The van der Waals surface area contributed by atoms with E-state index in [0.717, 1.165) is 0 Å². The van der Waals surface area contributed by atoms with Gasteiger partial charge in [0.15, 0.2) is 17.2 Å². The lowest BCUT2D eigenvalue weighted by Crippen LogP contribution is -2.73. The first kappa shape index (κ1) is 18.5. The number of aliphatic hydroxyl groups is 5. The molecule has 6 aliphatic rings. The summed E-state index contributed by atoms with van der Waals surface area (Å²) in [5.41, 5.74) is -13.1. The molecule has 2 saturated heterocycles. The van der Waals surface area contributed by atoms with Gasteiger partial charge in [0.05, 0.1) is 11.0 Å². The second kappa shape index (κ2) is 4.02. The molecule has 9 atom stereocenters. The molecule has 0 aromatic carbocycles. The average Bonchev–Trinajstić information content (AvgIpc) is 2.82. The molecule has 4 saturated carbocycles. The lowest BCUT2D eigenvalue weighted by Gasteiger charge is -2.59. The molecule has 5 N–H and O–H groups in total. The topological polar surface area (TPSA) is 127 Å². The summed E-state index contributed by atoms with van der Waals surface area (Å²) in [5, 5.41) is 59.4. The average molecular weight is 382 g/mol. The Kier molecular flexibility index (Phi) is 2.75. The summed E-state index contributed by atoms with van der Waals surface area (Å²) in [6, 6.07) is 0. The minimum atomic E-state index is -2.31. The summed E-state index contributed by atoms with van der Waals surface area (Å²) in [5.74, 6) is -3.48. The van der Waals surface area contributed by atoms with Gasteiger partial charge in [-0.2, -0.15) is 0 Å². The zero-order valence-corrected chi connectivity index (χ0v) is 16.5. The van der Waals surface area contributed by atoms with Crippen molar-refractivity contribution in [1.82, 2.24) is 0 Å². The Morgan fingerprint density at radius 1 is 1.04 bits per heavy atom. The highest BCUT2D eigenvalue weighted by molar-refractivity contribution is 5.96. The predicted octanol–water partition coefficient (Wildman–Crippen LogP) is -0.143. The van der Waals surface area contributed by atoms with Crippen LogP contribution >= 0.6 is 0 Å². The number of rotatable bonds is 1. The van der Waals surface area contributed by atoms with Crippen LogP contribution in [0.5, 0.6) is 0 Å². The summed E-state index contributed by atoms with van der Waals surface area (Å²) in [6.45, 7) is 8.33. The van der Waals surface area contributed by atoms with Crippen molar-refractivity contribution in [1.29, 1.82) is 0 Å². The number of carbonyl (C=O) groups excluding carboxylic acids is 1. The molecule has 7 heteroatoms. The van der Waals surface area contributed by atoms with Gasteiger partial charge in [-0.05, 0) is 25.7 Å². The van der Waals surface area contributed by atoms with Crippen LogP contribution in [0.25, 0.3) is 0 Å². The summed E-state index contributed by atoms with van der Waals surface area (Å²) in [7, 11) is 0. The number of carbonyl (C=O) groups is 1. The Hall–Kier alpha value is -0.570. The minimum absolute atomic E-state index is 0.162. The summed E-state index contributed by atoms with van der Waals surface area (Å²) < 4.78 is 6.02. The molecule has 6 fully saturated rings. The van der Waals surface area contributed by atoms with Crippen LogP contribution in [0.3, 0.4) is 0 Å². The highest BCUT2D eigenvalue weighted by Gasteiger charge is 3.07. The van der Waals surface area contributed by atoms with Crippen molar-refractivity contribution in [2.24, 2.45) is 22.7 Å². The van der Waals surface area contributed by atoms with Gasteiger partial charge in [-0.3, -0.25) is 4.79 Å². The van der Waals surface area contributed by atoms with E-state index in [-0.39, 0.29) is 19.3 Å². The van der Waals surface area contributed by atoms with E-state index in [9.17, 15) is 30.3 Å². The van der Waals surface area contributed by atoms with Crippen molar-refractivity contribution < 1.29 is 35.1 Å². The zero-order valence-electron chi connectivity index (χ0n) is 16.5. The van der Waals surface area contributed by atoms with E-state index in [1.54, 1.807) is 27.7 Å². The first-order valence-corrected chi connectivity index (χ1v) is 9.97. The largest absolute Gasteiger partial charge is 0.389 e. The van der Waals surface area contributed by atoms with E-state index in [0.29, 0.717) is 6.42 Å². The van der Waals surface area contributed by atoms with E-state index in [1.807, 2.05) is 0 Å². The van der Waals surface area contributed by atoms with Crippen LogP contribution in [0.4, 0.5) is 0 Å². The molecule has 0 radical (unpaired) electrons. The maximum absolute atomic E-state index is 13.5. The minimum Gasteiger partial charge on any atom is -0.389 e. The van der Waals surface area contributed by atoms with Gasteiger partial charge in [0.2, 0.25) is 0 Å². The fraction of sp³-hybridized carbons (Fsp3) is 0.950. The lowest BCUT2D eigenvalue weighted by atomic mass is 9.52. The molecule has 0 amide bonds. The van der Waals surface area contributed by atoms with Crippen molar-refractivity contribution in [2.45, 2.75) is 94.1 Å². The van der Waals surface area contributed by atoms with Gasteiger partial charge in [-0.1, -0.05) is 27.7 Å². The molecule has 2 aliphatic heterocycles. The molecule has 6 rings (SSSR count). The number of Topliss-reactive ketones (excluding diaryl/α,β-unsaturated/α-hetero) is 1. The number of hydrogen-bond acceptors (Lipinski definition) is 7. The van der Waals surface area contributed by atoms with E-state index in [4.69, 9.17) is 4.74 Å². The van der Waals surface area contributed by atoms with E-state index in [2.05, 4.69) is 0 Å². The third kappa shape index (κ3) is 1.12. The molecule has 6 bridgehead atoms. The van der Waals surface area contributed by atoms with Crippen molar-refractivity contribution in [2.75, 3.05) is 0 Å². The van der Waals surface area contributed by atoms with Gasteiger partial charge in [-0.25, -0.2) is 0 Å². The van der Waals surface area contributed by atoms with Crippen LogP contribution in [0.2, 0.25) is 0 Å². The van der Waals surface area contributed by atoms with Crippen molar-refractivity contribution >= 4 is 5.78 Å². The van der Waals surface area contributed by atoms with E-state index in [1.165, 1.54) is 6.92 Å². The zero-order chi connectivity index (χ0) is 20.3. The molecule has 0 aromatic heterocycles. The third-order valence-electron chi connectivity index (χ3n) is 10.0. The van der Waals surface area contributed by atoms with Gasteiger partial charge in [0.1, 0.15) is 16.8 Å². The number of ketones is 1. The van der Waals surface area contributed by atoms with Crippen LogP contribution in [0.15, 0.2) is 0 Å². The van der Waals surface area contributed by atoms with E-state index < -0.39 is 62.2 Å². The second-order valence-corrected chi connectivity index (χ2v) is 10.7. The SMILES string of the molecule is CC(C)[C@@]1(O)C[C@@]2(O)[C@@]3(C)C[C@]4(O)O[C@@]5(C(=O)[C@@H](C)CC[C@]35O)[C@@]2(O)[C@@]41C. The van der Waals surface area contributed by atoms with Crippen molar-refractivity contribution in [3.63, 3.8) is 0 Å². The molecule has 7 nitrogen and oxygen atoms in total. The highest BCUT2D eigenvalue weighted by Crippen LogP contribution is 2.89. The maximum atomic E-state index is 13.5. The molecule has 0 unspecified atom stereocenters. The Morgan fingerprint density at radius 2 is 1.63 bits per heavy atom. The number of ether oxygens (including phenoxy) is 1. The Labute approximate surface area is 158 Å². The first-order chi connectivity index (χ1) is 12.1. The van der Waals surface area contributed by atoms with Crippen molar-refractivity contribution in [3.8, 4) is 0 Å². The molecule has 1 spiro atoms. The molecular weight excluding hydrogens is 352 g/mol. The summed E-state index contributed by atoms with van der Waals surface area (Å²) in [4.78, 5) is 13.5. The van der Waals surface area contributed by atoms with Gasteiger partial charge in [-0.15, -0.1) is 0 Å². The standard InChI is InChI=1S/C20H30O7/c1-10(2)15(22)9-17(24)13(4)8-18(25)14(15,5)20(17,26)19(27-18)12(21)11(3)6-7-16(13,19)23/h10-11,22-26H,6-9H2,1-5H3/t11-,13-,14+,15-,16-,17+,18-,19+,20+/m0/s1. The third-order valence-corrected chi connectivity index (χ3v) is 10.0. The predicted molar refractivity (Wildman–Crippen MR) is 92.3 cm³/mol. The summed E-state index contributed by atoms with van der Waals surface area (Å²) >= 11 is 0. The highest BCUT2D eigenvalue weighted by atomic mass is 16.7. The van der Waals surface area contributed by atoms with Gasteiger partial charge in [0.25, 0.3) is 0 Å². The van der Waals surface area contributed by atoms with Crippen LogP contribution < -0.4 is 0 Å². The Morgan fingerprint density at radius 3 is 2.19 bits per heavy atom. The molecule has 0 aromatic rings. The smallest absolute Gasteiger partial charge is 0.191 e. The Balaban J connectivity index is 1.95. The fourth-order valence-electron chi connectivity index (χ4n) is 8.38. The van der Waals surface area contributed by atoms with Gasteiger partial charge >= 0.3 is 0 Å². The number of hydrogen-bond donors (Lipinski definition) is 5. The van der Waals surface area contributed by atoms with Crippen LogP contribution in [0.1, 0.15) is 60.3 Å². The van der Waals surface area contributed by atoms with Crippen LogP contribution in [0, 0.1) is 22.7 Å². The second-order valence-electron chi connectivity index (χ2n) is 10.7. The van der Waals surface area contributed by atoms with Crippen molar-refractivity contribution in [3.05, 3.63) is 0 Å². The quantitative estimate of drug-likeness (QED) is 0.427. The van der Waals surface area contributed by atoms with Crippen LogP contribution in [-0.4, -0.2) is 65.1 Å². The molecule has 2 heterocycles. The fourth-order valence-corrected chi connectivity index (χ4v) is 8.38. The first-order valence-electron chi connectivity index (χ1n) is 9.97. The maximum Gasteiger partial charge on any atom is 0.191 e.